The van der Waals surface area contributed by atoms with E-state index >= 15 is 0 Å². The maximum absolute atomic E-state index is 2.42. The van der Waals surface area contributed by atoms with Crippen LogP contribution in [0.2, 0.25) is 0 Å². The molecule has 0 atom stereocenters. The fourth-order valence-electron chi connectivity index (χ4n) is 6.83. The van der Waals surface area contributed by atoms with E-state index in [1.807, 2.05) is 0 Å². The molecule has 0 amide bonds. The molecule has 0 unspecified atom stereocenters. The Bertz CT molecular complexity index is 1720. The second-order valence-corrected chi connectivity index (χ2v) is 12.0. The number of benzene rings is 5. The summed E-state index contributed by atoms with van der Waals surface area (Å²) in [7, 11) is 0. The second-order valence-electron chi connectivity index (χ2n) is 12.0. The summed E-state index contributed by atoms with van der Waals surface area (Å²) in [6, 6.07) is 40.6. The van der Waals surface area contributed by atoms with Gasteiger partial charge < -0.3 is 4.90 Å². The first-order valence-electron chi connectivity index (χ1n) is 13.6. The standard InChI is InChI=1S/C37H33N/c1-24-15-18-29-31-20-17-27(23-35(31)37(4,5)33(29)21-24)38(25-11-7-6-8-12-25)26-16-19-30-28-13-9-10-14-32(28)36(2,3)34(30)22-26/h6-23H,1-5H3. The molecular formula is C37H33N. The molecule has 0 bridgehead atoms. The van der Waals surface area contributed by atoms with Crippen LogP contribution in [0.3, 0.4) is 0 Å². The minimum atomic E-state index is -0.0450. The average molecular weight is 492 g/mol. The topological polar surface area (TPSA) is 3.24 Å². The molecule has 38 heavy (non-hydrogen) atoms. The van der Waals surface area contributed by atoms with Crippen LogP contribution in [0.1, 0.15) is 55.5 Å². The van der Waals surface area contributed by atoms with Crippen LogP contribution in [-0.2, 0) is 10.8 Å². The largest absolute Gasteiger partial charge is 0.310 e. The minimum absolute atomic E-state index is 0.0380. The average Bonchev–Trinajstić information content (AvgIpc) is 3.29. The van der Waals surface area contributed by atoms with Gasteiger partial charge in [-0.1, -0.05) is 106 Å². The molecule has 0 heterocycles. The third-order valence-electron chi connectivity index (χ3n) is 8.91. The van der Waals surface area contributed by atoms with Gasteiger partial charge in [0, 0.05) is 27.9 Å². The Hall–Kier alpha value is -4.10. The van der Waals surface area contributed by atoms with E-state index < -0.39 is 0 Å². The highest BCUT2D eigenvalue weighted by Gasteiger charge is 2.37. The smallest absolute Gasteiger partial charge is 0.0465 e. The van der Waals surface area contributed by atoms with Gasteiger partial charge >= 0.3 is 0 Å². The molecule has 0 saturated carbocycles. The van der Waals surface area contributed by atoms with Gasteiger partial charge in [-0.15, -0.1) is 0 Å². The molecule has 186 valence electrons. The highest BCUT2D eigenvalue weighted by molar-refractivity contribution is 5.88. The Morgan fingerprint density at radius 2 is 0.895 bits per heavy atom. The molecular weight excluding hydrogens is 458 g/mol. The molecule has 0 aromatic heterocycles. The summed E-state index contributed by atoms with van der Waals surface area (Å²) in [5, 5.41) is 0. The Kier molecular flexibility index (Phi) is 4.82. The van der Waals surface area contributed by atoms with E-state index in [1.165, 1.54) is 67.1 Å². The Balaban J connectivity index is 1.41. The van der Waals surface area contributed by atoms with E-state index in [2.05, 4.69) is 149 Å². The fourth-order valence-corrected chi connectivity index (χ4v) is 6.83. The van der Waals surface area contributed by atoms with Gasteiger partial charge in [-0.3, -0.25) is 0 Å². The lowest BCUT2D eigenvalue weighted by Gasteiger charge is -2.29. The van der Waals surface area contributed by atoms with Crippen LogP contribution in [0.5, 0.6) is 0 Å². The molecule has 0 radical (unpaired) electrons. The molecule has 1 nitrogen and oxygen atoms in total. The zero-order chi connectivity index (χ0) is 26.2. The van der Waals surface area contributed by atoms with Crippen molar-refractivity contribution in [3.63, 3.8) is 0 Å². The van der Waals surface area contributed by atoms with Gasteiger partial charge in [-0.25, -0.2) is 0 Å². The maximum atomic E-state index is 2.42. The van der Waals surface area contributed by atoms with Gasteiger partial charge in [0.05, 0.1) is 0 Å². The van der Waals surface area contributed by atoms with Crippen molar-refractivity contribution >= 4 is 17.1 Å². The van der Waals surface area contributed by atoms with E-state index in [0.29, 0.717) is 0 Å². The van der Waals surface area contributed by atoms with Crippen LogP contribution in [-0.4, -0.2) is 0 Å². The molecule has 2 aliphatic carbocycles. The minimum Gasteiger partial charge on any atom is -0.310 e. The van der Waals surface area contributed by atoms with E-state index in [9.17, 15) is 0 Å². The first-order chi connectivity index (χ1) is 18.3. The van der Waals surface area contributed by atoms with Crippen molar-refractivity contribution < 1.29 is 0 Å². The normalized spacial score (nSPS) is 15.4. The van der Waals surface area contributed by atoms with Gasteiger partial charge in [0.25, 0.3) is 0 Å². The lowest BCUT2D eigenvalue weighted by molar-refractivity contribution is 0.659. The summed E-state index contributed by atoms with van der Waals surface area (Å²) >= 11 is 0. The Morgan fingerprint density at radius 1 is 0.421 bits per heavy atom. The van der Waals surface area contributed by atoms with Crippen LogP contribution in [0.4, 0.5) is 17.1 Å². The Labute approximate surface area is 226 Å². The lowest BCUT2D eigenvalue weighted by Crippen LogP contribution is -2.18. The number of para-hydroxylation sites is 1. The van der Waals surface area contributed by atoms with E-state index in [4.69, 9.17) is 0 Å². The third-order valence-corrected chi connectivity index (χ3v) is 8.91. The SMILES string of the molecule is Cc1ccc2c(c1)C(C)(C)c1cc(N(c3ccccc3)c3ccc4c(c3)C(C)(C)c3ccccc3-4)ccc1-2. The molecule has 0 fully saturated rings. The number of hydrogen-bond donors (Lipinski definition) is 0. The van der Waals surface area contributed by atoms with Crippen LogP contribution in [0.15, 0.2) is 109 Å². The number of nitrogens with zero attached hydrogens (tertiary/aromatic N) is 1. The Morgan fingerprint density at radius 3 is 1.53 bits per heavy atom. The van der Waals surface area contributed by atoms with Crippen molar-refractivity contribution in [2.75, 3.05) is 4.90 Å². The molecule has 7 rings (SSSR count). The third kappa shape index (κ3) is 3.18. The van der Waals surface area contributed by atoms with Crippen molar-refractivity contribution in [1.82, 2.24) is 0 Å². The van der Waals surface area contributed by atoms with Crippen molar-refractivity contribution in [3.8, 4) is 22.3 Å². The summed E-state index contributed by atoms with van der Waals surface area (Å²) in [5.41, 5.74) is 15.8. The lowest BCUT2D eigenvalue weighted by atomic mass is 9.81. The predicted octanol–water partition coefficient (Wildman–Crippen LogP) is 10.1. The molecule has 0 N–H and O–H groups in total. The fraction of sp³-hybridized carbons (Fsp3) is 0.189. The van der Waals surface area contributed by atoms with Crippen LogP contribution < -0.4 is 4.90 Å². The number of rotatable bonds is 3. The molecule has 0 aliphatic heterocycles. The number of hydrogen-bond acceptors (Lipinski definition) is 1. The van der Waals surface area contributed by atoms with Crippen molar-refractivity contribution in [3.05, 3.63) is 137 Å². The summed E-state index contributed by atoms with van der Waals surface area (Å²) in [6.07, 6.45) is 0. The second kappa shape index (κ2) is 7.95. The zero-order valence-electron chi connectivity index (χ0n) is 22.8. The molecule has 0 spiro atoms. The number of anilines is 3. The van der Waals surface area contributed by atoms with Crippen LogP contribution in [0, 0.1) is 6.92 Å². The van der Waals surface area contributed by atoms with Gasteiger partial charge in [0.2, 0.25) is 0 Å². The van der Waals surface area contributed by atoms with Gasteiger partial charge in [-0.05, 0) is 87.8 Å². The molecule has 1 heteroatoms. The molecule has 2 aliphatic rings. The number of fused-ring (bicyclic) bond motifs is 6. The van der Waals surface area contributed by atoms with E-state index in [0.717, 1.165) is 0 Å². The van der Waals surface area contributed by atoms with E-state index in [-0.39, 0.29) is 10.8 Å². The monoisotopic (exact) mass is 491 g/mol. The first-order valence-corrected chi connectivity index (χ1v) is 13.6. The summed E-state index contributed by atoms with van der Waals surface area (Å²) in [4.78, 5) is 2.42. The van der Waals surface area contributed by atoms with Crippen molar-refractivity contribution in [2.45, 2.75) is 45.4 Å². The summed E-state index contributed by atoms with van der Waals surface area (Å²) < 4.78 is 0. The van der Waals surface area contributed by atoms with Gasteiger partial charge in [0.15, 0.2) is 0 Å². The zero-order valence-corrected chi connectivity index (χ0v) is 22.8. The van der Waals surface area contributed by atoms with Crippen LogP contribution >= 0.6 is 0 Å². The molecule has 5 aromatic carbocycles. The highest BCUT2D eigenvalue weighted by atomic mass is 15.1. The molecule has 5 aromatic rings. The first kappa shape index (κ1) is 23.0. The van der Waals surface area contributed by atoms with Crippen LogP contribution in [0.25, 0.3) is 22.3 Å². The summed E-state index contributed by atoms with van der Waals surface area (Å²) in [6.45, 7) is 11.6. The van der Waals surface area contributed by atoms with Crippen molar-refractivity contribution in [1.29, 1.82) is 0 Å². The predicted molar refractivity (Wildman–Crippen MR) is 161 cm³/mol. The maximum Gasteiger partial charge on any atom is 0.0465 e. The highest BCUT2D eigenvalue weighted by Crippen LogP contribution is 2.53. The van der Waals surface area contributed by atoms with Gasteiger partial charge in [-0.2, -0.15) is 0 Å². The molecule has 0 saturated heterocycles. The quantitative estimate of drug-likeness (QED) is 0.243. The van der Waals surface area contributed by atoms with Gasteiger partial charge in [0.1, 0.15) is 0 Å². The van der Waals surface area contributed by atoms with E-state index in [1.54, 1.807) is 0 Å². The van der Waals surface area contributed by atoms with Crippen molar-refractivity contribution in [2.24, 2.45) is 0 Å². The summed E-state index contributed by atoms with van der Waals surface area (Å²) in [5.74, 6) is 0. The number of aryl methyl sites for hydroxylation is 1.